The number of hydrogen-bond donors (Lipinski definition) is 0. The molecule has 0 aromatic heterocycles. The predicted molar refractivity (Wildman–Crippen MR) is 97.9 cm³/mol. The average molecular weight is 378 g/mol. The molecular weight excluding hydrogens is 355 g/mol. The Hall–Kier alpha value is -2.30. The van der Waals surface area contributed by atoms with Gasteiger partial charge in [-0.2, -0.15) is 0 Å². The third-order valence-electron chi connectivity index (χ3n) is 3.40. The second kappa shape index (κ2) is 8.88. The number of para-hydroxylation sites is 2. The van der Waals surface area contributed by atoms with Crippen molar-refractivity contribution in [3.8, 4) is 11.5 Å². The Morgan fingerprint density at radius 3 is 1.81 bits per heavy atom. The smallest absolute Gasteiger partial charge is 0.393 e. The molecule has 0 saturated carbocycles. The van der Waals surface area contributed by atoms with Crippen LogP contribution in [0.3, 0.4) is 0 Å². The fourth-order valence-corrected chi connectivity index (χ4v) is 3.23. The molecule has 0 aliphatic rings. The van der Waals surface area contributed by atoms with Gasteiger partial charge in [0.2, 0.25) is 0 Å². The van der Waals surface area contributed by atoms with Crippen molar-refractivity contribution in [3.63, 3.8) is 0 Å². The number of carbonyl (C=O) groups excluding carboxylic acids is 1. The van der Waals surface area contributed by atoms with E-state index in [1.165, 1.54) is 0 Å². The number of phosphoric ester groups is 1. The Bertz CT molecular complexity index is 751. The summed E-state index contributed by atoms with van der Waals surface area (Å²) in [4.78, 5) is 16.4. The summed E-state index contributed by atoms with van der Waals surface area (Å²) in [5, 5.41) is 0. The minimum atomic E-state index is -4.26. The zero-order valence-electron chi connectivity index (χ0n) is 15.3. The van der Waals surface area contributed by atoms with Crippen LogP contribution in [-0.2, 0) is 18.9 Å². The van der Waals surface area contributed by atoms with Crippen LogP contribution in [0.1, 0.15) is 31.4 Å². The van der Waals surface area contributed by atoms with Crippen LogP contribution in [0.5, 0.6) is 11.5 Å². The Morgan fingerprint density at radius 1 is 0.923 bits per heavy atom. The minimum Gasteiger partial charge on any atom is -0.393 e. The van der Waals surface area contributed by atoms with E-state index in [0.717, 1.165) is 11.1 Å². The molecule has 0 spiro atoms. The molecular formula is C19H23O6P. The standard InChI is InChI=1S/C19H23O6P/c1-14(2)13-19(20)22-25-26(21,23-17-11-7-5-9-15(17)3)24-18-12-8-6-10-16(18)4/h5-12,14H,13H2,1-4H3. The number of benzene rings is 2. The van der Waals surface area contributed by atoms with Gasteiger partial charge in [0.15, 0.2) is 0 Å². The van der Waals surface area contributed by atoms with Crippen LogP contribution >= 0.6 is 7.82 Å². The van der Waals surface area contributed by atoms with E-state index >= 15 is 0 Å². The molecule has 0 saturated heterocycles. The van der Waals surface area contributed by atoms with Crippen molar-refractivity contribution in [2.75, 3.05) is 0 Å². The second-order valence-corrected chi connectivity index (χ2v) is 7.70. The van der Waals surface area contributed by atoms with Crippen molar-refractivity contribution in [2.24, 2.45) is 5.92 Å². The molecule has 2 aromatic rings. The molecule has 0 aliphatic heterocycles. The first-order valence-corrected chi connectivity index (χ1v) is 9.75. The lowest BCUT2D eigenvalue weighted by molar-refractivity contribution is -0.221. The molecule has 2 aromatic carbocycles. The Kier molecular flexibility index (Phi) is 6.83. The van der Waals surface area contributed by atoms with E-state index < -0.39 is 13.8 Å². The van der Waals surface area contributed by atoms with Crippen molar-refractivity contribution in [2.45, 2.75) is 34.1 Å². The Morgan fingerprint density at radius 2 is 1.38 bits per heavy atom. The van der Waals surface area contributed by atoms with Crippen LogP contribution < -0.4 is 9.05 Å². The summed E-state index contributed by atoms with van der Waals surface area (Å²) >= 11 is 0. The SMILES string of the molecule is Cc1ccccc1OP(=O)(OOC(=O)CC(C)C)Oc1ccccc1C. The summed E-state index contributed by atoms with van der Waals surface area (Å²) < 4.78 is 28.9. The number of phosphoric acid groups is 1. The van der Waals surface area contributed by atoms with Crippen LogP contribution in [0, 0.1) is 19.8 Å². The molecule has 0 N–H and O–H groups in total. The van der Waals surface area contributed by atoms with Crippen LogP contribution in [0.4, 0.5) is 0 Å². The average Bonchev–Trinajstić information content (AvgIpc) is 2.57. The third kappa shape index (κ3) is 5.90. The fraction of sp³-hybridized carbons (Fsp3) is 0.316. The zero-order valence-corrected chi connectivity index (χ0v) is 16.2. The first-order chi connectivity index (χ1) is 12.3. The van der Waals surface area contributed by atoms with Gasteiger partial charge in [-0.15, -0.1) is 0 Å². The summed E-state index contributed by atoms with van der Waals surface area (Å²) in [6.07, 6.45) is 0.120. The van der Waals surface area contributed by atoms with Crippen molar-refractivity contribution in [1.29, 1.82) is 0 Å². The van der Waals surface area contributed by atoms with E-state index in [0.29, 0.717) is 11.5 Å². The number of hydrogen-bond acceptors (Lipinski definition) is 6. The highest BCUT2D eigenvalue weighted by Gasteiger charge is 2.35. The lowest BCUT2D eigenvalue weighted by Gasteiger charge is -2.19. The van der Waals surface area contributed by atoms with Gasteiger partial charge in [-0.25, -0.2) is 9.36 Å². The maximum Gasteiger partial charge on any atom is 0.625 e. The van der Waals surface area contributed by atoms with E-state index in [9.17, 15) is 9.36 Å². The molecule has 2 rings (SSSR count). The van der Waals surface area contributed by atoms with Gasteiger partial charge in [0.05, 0.1) is 6.42 Å². The Balaban J connectivity index is 2.22. The van der Waals surface area contributed by atoms with Gasteiger partial charge < -0.3 is 9.05 Å². The molecule has 26 heavy (non-hydrogen) atoms. The molecule has 7 heteroatoms. The van der Waals surface area contributed by atoms with Gasteiger partial charge in [-0.3, -0.25) is 4.89 Å². The Labute approximate surface area is 153 Å². The summed E-state index contributed by atoms with van der Waals surface area (Å²) in [5.74, 6) is 0.0377. The number of aryl methyl sites for hydroxylation is 2. The predicted octanol–water partition coefficient (Wildman–Crippen LogP) is 5.39. The highest BCUT2D eigenvalue weighted by Crippen LogP contribution is 2.51. The number of carbonyl (C=O) groups is 1. The molecule has 0 amide bonds. The highest BCUT2D eigenvalue weighted by molar-refractivity contribution is 7.49. The highest BCUT2D eigenvalue weighted by atomic mass is 31.2. The fourth-order valence-electron chi connectivity index (χ4n) is 2.06. The van der Waals surface area contributed by atoms with E-state index in [4.69, 9.17) is 18.6 Å². The lowest BCUT2D eigenvalue weighted by Crippen LogP contribution is -2.12. The summed E-state index contributed by atoms with van der Waals surface area (Å²) in [6.45, 7) is 7.29. The molecule has 0 unspecified atom stereocenters. The van der Waals surface area contributed by atoms with E-state index in [-0.39, 0.29) is 12.3 Å². The molecule has 140 valence electrons. The zero-order chi connectivity index (χ0) is 19.2. The summed E-state index contributed by atoms with van der Waals surface area (Å²) in [6, 6.07) is 13.9. The first kappa shape index (κ1) is 20.0. The molecule has 0 radical (unpaired) electrons. The van der Waals surface area contributed by atoms with Gasteiger partial charge in [0.1, 0.15) is 11.5 Å². The van der Waals surface area contributed by atoms with Gasteiger partial charge >= 0.3 is 13.8 Å². The second-order valence-electron chi connectivity index (χ2n) is 6.29. The van der Waals surface area contributed by atoms with Gasteiger partial charge in [0.25, 0.3) is 0 Å². The largest absolute Gasteiger partial charge is 0.625 e. The van der Waals surface area contributed by atoms with Crippen molar-refractivity contribution < 1.29 is 28.0 Å². The van der Waals surface area contributed by atoms with Crippen molar-refractivity contribution in [3.05, 3.63) is 59.7 Å². The maximum absolute atomic E-state index is 13.1. The normalized spacial score (nSPS) is 11.3. The quantitative estimate of drug-likeness (QED) is 0.348. The molecule has 6 nitrogen and oxygen atoms in total. The molecule has 0 bridgehead atoms. The van der Waals surface area contributed by atoms with Crippen molar-refractivity contribution in [1.82, 2.24) is 0 Å². The molecule has 0 heterocycles. The van der Waals surface area contributed by atoms with E-state index in [2.05, 4.69) is 0 Å². The van der Waals surface area contributed by atoms with Crippen LogP contribution in [0.2, 0.25) is 0 Å². The monoisotopic (exact) mass is 378 g/mol. The van der Waals surface area contributed by atoms with Crippen LogP contribution in [0.25, 0.3) is 0 Å². The number of rotatable bonds is 8. The van der Waals surface area contributed by atoms with Crippen LogP contribution in [0.15, 0.2) is 48.5 Å². The molecule has 0 aliphatic carbocycles. The molecule has 0 fully saturated rings. The van der Waals surface area contributed by atoms with Gasteiger partial charge in [-0.05, 0) is 43.0 Å². The lowest BCUT2D eigenvalue weighted by atomic mass is 10.1. The maximum atomic E-state index is 13.1. The van der Waals surface area contributed by atoms with E-state index in [1.54, 1.807) is 50.2 Å². The molecule has 0 atom stereocenters. The van der Waals surface area contributed by atoms with E-state index in [1.807, 2.05) is 26.0 Å². The summed E-state index contributed by atoms with van der Waals surface area (Å²) in [5.41, 5.74) is 1.47. The minimum absolute atomic E-state index is 0.0695. The van der Waals surface area contributed by atoms with Crippen LogP contribution in [-0.4, -0.2) is 5.97 Å². The van der Waals surface area contributed by atoms with Gasteiger partial charge in [0, 0.05) is 0 Å². The first-order valence-electron chi connectivity index (χ1n) is 8.28. The summed E-state index contributed by atoms with van der Waals surface area (Å²) in [7, 11) is -4.26. The third-order valence-corrected chi connectivity index (χ3v) is 4.50. The van der Waals surface area contributed by atoms with Crippen molar-refractivity contribution >= 4 is 13.8 Å². The topological polar surface area (TPSA) is 71.1 Å². The van der Waals surface area contributed by atoms with Gasteiger partial charge in [-0.1, -0.05) is 54.9 Å².